The third-order valence-electron chi connectivity index (χ3n) is 2.85. The van der Waals surface area contributed by atoms with Crippen LogP contribution in [0.4, 0.5) is 5.00 Å². The smallest absolute Gasteiger partial charge is 0.268 e. The number of nitrogens with zero attached hydrogens (tertiary/aromatic N) is 2. The first-order valence-corrected chi connectivity index (χ1v) is 6.88. The molecule has 0 aliphatic heterocycles. The van der Waals surface area contributed by atoms with Crippen LogP contribution in [0.1, 0.15) is 11.4 Å². The fourth-order valence-electron chi connectivity index (χ4n) is 1.91. The van der Waals surface area contributed by atoms with E-state index >= 15 is 0 Å². The summed E-state index contributed by atoms with van der Waals surface area (Å²) in [6, 6.07) is 11.5. The molecule has 0 atom stereocenters. The maximum atomic E-state index is 5.70. The number of nitrogen functional groups attached to an aromatic ring is 1. The van der Waals surface area contributed by atoms with Crippen molar-refractivity contribution in [3.63, 3.8) is 0 Å². The number of anilines is 1. The van der Waals surface area contributed by atoms with Crippen LogP contribution in [0.5, 0.6) is 5.75 Å². The van der Waals surface area contributed by atoms with Crippen LogP contribution in [-0.2, 0) is 6.42 Å². The second-order valence-corrected chi connectivity index (χ2v) is 5.32. The van der Waals surface area contributed by atoms with Crippen molar-refractivity contribution in [3.8, 4) is 16.5 Å². The molecular formula is C14H13N3O2S. The number of hydrogen-bond donors (Lipinski definition) is 1. The molecular weight excluding hydrogens is 274 g/mol. The molecule has 3 aromatic rings. The molecule has 6 heteroatoms. The Kier molecular flexibility index (Phi) is 3.39. The van der Waals surface area contributed by atoms with E-state index < -0.39 is 0 Å². The molecule has 20 heavy (non-hydrogen) atoms. The highest BCUT2D eigenvalue weighted by atomic mass is 32.1. The van der Waals surface area contributed by atoms with Crippen LogP contribution in [0.15, 0.2) is 40.9 Å². The van der Waals surface area contributed by atoms with Gasteiger partial charge in [0.2, 0.25) is 0 Å². The van der Waals surface area contributed by atoms with Crippen LogP contribution in [-0.4, -0.2) is 17.3 Å². The molecule has 2 N–H and O–H groups in total. The van der Waals surface area contributed by atoms with Gasteiger partial charge in [-0.05, 0) is 18.2 Å². The molecule has 102 valence electrons. The number of benzene rings is 1. The number of ether oxygens (including phenoxy) is 1. The van der Waals surface area contributed by atoms with Gasteiger partial charge in [-0.1, -0.05) is 23.4 Å². The number of para-hydroxylation sites is 1. The molecule has 0 aliphatic rings. The summed E-state index contributed by atoms with van der Waals surface area (Å²) in [4.78, 5) is 5.26. The minimum atomic E-state index is 0.497. The Morgan fingerprint density at radius 2 is 2.10 bits per heavy atom. The predicted molar refractivity (Wildman–Crippen MR) is 77.8 cm³/mol. The molecule has 0 saturated heterocycles. The Bertz CT molecular complexity index is 721. The molecule has 0 spiro atoms. The van der Waals surface area contributed by atoms with Crippen LogP contribution < -0.4 is 10.5 Å². The van der Waals surface area contributed by atoms with E-state index in [0.717, 1.165) is 21.2 Å². The summed E-state index contributed by atoms with van der Waals surface area (Å²) in [7, 11) is 1.65. The standard InChI is InChI=1S/C14H13N3O2S/c1-18-10-5-3-2-4-9(10)8-13-16-14(19-17-13)11-6-7-12(15)20-11/h2-7H,8,15H2,1H3. The van der Waals surface area contributed by atoms with Crippen LogP contribution in [0, 0.1) is 0 Å². The summed E-state index contributed by atoms with van der Waals surface area (Å²) in [5.41, 5.74) is 6.72. The first-order chi connectivity index (χ1) is 9.76. The van der Waals surface area contributed by atoms with E-state index in [4.69, 9.17) is 15.0 Å². The molecule has 2 heterocycles. The molecule has 0 fully saturated rings. The third-order valence-corrected chi connectivity index (χ3v) is 3.75. The molecule has 0 unspecified atom stereocenters. The fraction of sp³-hybridized carbons (Fsp3) is 0.143. The first-order valence-electron chi connectivity index (χ1n) is 6.06. The van der Waals surface area contributed by atoms with Crippen molar-refractivity contribution >= 4 is 16.3 Å². The Morgan fingerprint density at radius 1 is 1.25 bits per heavy atom. The van der Waals surface area contributed by atoms with Gasteiger partial charge in [0.1, 0.15) is 5.75 Å². The fourth-order valence-corrected chi connectivity index (χ4v) is 2.61. The van der Waals surface area contributed by atoms with E-state index in [2.05, 4.69) is 10.1 Å². The van der Waals surface area contributed by atoms with Gasteiger partial charge < -0.3 is 15.0 Å². The molecule has 5 nitrogen and oxygen atoms in total. The third kappa shape index (κ3) is 2.50. The van der Waals surface area contributed by atoms with Gasteiger partial charge in [0.15, 0.2) is 5.82 Å². The van der Waals surface area contributed by atoms with E-state index in [-0.39, 0.29) is 0 Å². The number of nitrogens with two attached hydrogens (primary N) is 1. The number of hydrogen-bond acceptors (Lipinski definition) is 6. The summed E-state index contributed by atoms with van der Waals surface area (Å²) >= 11 is 1.42. The lowest BCUT2D eigenvalue weighted by molar-refractivity contribution is 0.408. The van der Waals surface area contributed by atoms with E-state index in [1.807, 2.05) is 36.4 Å². The summed E-state index contributed by atoms with van der Waals surface area (Å²) in [5, 5.41) is 4.72. The summed E-state index contributed by atoms with van der Waals surface area (Å²) in [6.45, 7) is 0. The van der Waals surface area contributed by atoms with Crippen molar-refractivity contribution in [1.82, 2.24) is 10.1 Å². The number of thiophene rings is 1. The van der Waals surface area contributed by atoms with Gasteiger partial charge in [-0.3, -0.25) is 0 Å². The maximum absolute atomic E-state index is 5.70. The van der Waals surface area contributed by atoms with E-state index in [1.54, 1.807) is 7.11 Å². The van der Waals surface area contributed by atoms with Gasteiger partial charge in [0, 0.05) is 12.0 Å². The monoisotopic (exact) mass is 287 g/mol. The van der Waals surface area contributed by atoms with Gasteiger partial charge in [0.25, 0.3) is 5.89 Å². The lowest BCUT2D eigenvalue weighted by atomic mass is 10.1. The average molecular weight is 287 g/mol. The topological polar surface area (TPSA) is 74.2 Å². The second kappa shape index (κ2) is 5.34. The lowest BCUT2D eigenvalue weighted by Gasteiger charge is -2.04. The predicted octanol–water partition coefficient (Wildman–Crippen LogP) is 2.98. The number of aromatic nitrogens is 2. The quantitative estimate of drug-likeness (QED) is 0.798. The molecule has 0 radical (unpaired) electrons. The van der Waals surface area contributed by atoms with Crippen LogP contribution in [0.25, 0.3) is 10.8 Å². The summed E-state index contributed by atoms with van der Waals surface area (Å²) in [6.07, 6.45) is 0.564. The molecule has 0 aliphatic carbocycles. The van der Waals surface area contributed by atoms with Crippen LogP contribution in [0.3, 0.4) is 0 Å². The molecule has 3 rings (SSSR count). The van der Waals surface area contributed by atoms with Gasteiger partial charge in [-0.2, -0.15) is 4.98 Å². The van der Waals surface area contributed by atoms with Gasteiger partial charge >= 0.3 is 0 Å². The van der Waals surface area contributed by atoms with Crippen molar-refractivity contribution in [2.75, 3.05) is 12.8 Å². The second-order valence-electron chi connectivity index (χ2n) is 4.21. The highest BCUT2D eigenvalue weighted by Gasteiger charge is 2.12. The van der Waals surface area contributed by atoms with E-state index in [9.17, 15) is 0 Å². The van der Waals surface area contributed by atoms with Crippen molar-refractivity contribution in [3.05, 3.63) is 47.8 Å². The Balaban J connectivity index is 1.84. The highest BCUT2D eigenvalue weighted by molar-refractivity contribution is 7.19. The SMILES string of the molecule is COc1ccccc1Cc1noc(-c2ccc(N)s2)n1. The minimum Gasteiger partial charge on any atom is -0.496 e. The van der Waals surface area contributed by atoms with Crippen LogP contribution in [0.2, 0.25) is 0 Å². The summed E-state index contributed by atoms with van der Waals surface area (Å²) < 4.78 is 10.6. The zero-order valence-electron chi connectivity index (χ0n) is 10.9. The van der Waals surface area contributed by atoms with Crippen molar-refractivity contribution < 1.29 is 9.26 Å². The maximum Gasteiger partial charge on any atom is 0.268 e. The van der Waals surface area contributed by atoms with Gasteiger partial charge in [0.05, 0.1) is 17.0 Å². The van der Waals surface area contributed by atoms with E-state index in [1.165, 1.54) is 11.3 Å². The largest absolute Gasteiger partial charge is 0.496 e. The molecule has 0 bridgehead atoms. The molecule has 2 aromatic heterocycles. The molecule has 0 amide bonds. The number of methoxy groups -OCH3 is 1. The zero-order chi connectivity index (χ0) is 13.9. The normalized spacial score (nSPS) is 10.7. The minimum absolute atomic E-state index is 0.497. The van der Waals surface area contributed by atoms with Crippen molar-refractivity contribution in [2.24, 2.45) is 0 Å². The van der Waals surface area contributed by atoms with Gasteiger partial charge in [-0.15, -0.1) is 11.3 Å². The van der Waals surface area contributed by atoms with Crippen LogP contribution >= 0.6 is 11.3 Å². The highest BCUT2D eigenvalue weighted by Crippen LogP contribution is 2.28. The Labute approximate surface area is 120 Å². The Morgan fingerprint density at radius 3 is 2.85 bits per heavy atom. The summed E-state index contributed by atoms with van der Waals surface area (Å²) in [5.74, 6) is 1.94. The van der Waals surface area contributed by atoms with E-state index in [0.29, 0.717) is 18.1 Å². The Hall–Kier alpha value is -2.34. The molecule has 0 saturated carbocycles. The first kappa shape index (κ1) is 12.7. The van der Waals surface area contributed by atoms with Crippen molar-refractivity contribution in [2.45, 2.75) is 6.42 Å². The molecule has 1 aromatic carbocycles. The van der Waals surface area contributed by atoms with Gasteiger partial charge in [-0.25, -0.2) is 0 Å². The average Bonchev–Trinajstić information content (AvgIpc) is 3.08. The van der Waals surface area contributed by atoms with Crippen molar-refractivity contribution in [1.29, 1.82) is 0 Å². The zero-order valence-corrected chi connectivity index (χ0v) is 11.7. The number of rotatable bonds is 4. The lowest BCUT2D eigenvalue weighted by Crippen LogP contribution is -1.95.